The normalized spacial score (nSPS) is 11.0. The standard InChI is InChI=1S/C19H22Br2N2O3/c1-12(2)26-19-15(20)7-14(8-16(19)21)11-23-22-10-13-5-6-17(24-3)18(9-13)25-4/h5-9,11-12,22H,10H2,1-4H3/b23-11-. The highest BCUT2D eigenvalue weighted by Crippen LogP contribution is 2.35. The van der Waals surface area contributed by atoms with E-state index in [1.807, 2.05) is 44.2 Å². The minimum absolute atomic E-state index is 0.102. The van der Waals surface area contributed by atoms with Crippen molar-refractivity contribution in [3.63, 3.8) is 0 Å². The summed E-state index contributed by atoms with van der Waals surface area (Å²) in [7, 11) is 3.24. The van der Waals surface area contributed by atoms with Crippen molar-refractivity contribution in [3.05, 3.63) is 50.4 Å². The van der Waals surface area contributed by atoms with Crippen LogP contribution < -0.4 is 19.6 Å². The molecule has 2 aromatic carbocycles. The Balaban J connectivity index is 2.00. The average Bonchev–Trinajstić information content (AvgIpc) is 2.61. The van der Waals surface area contributed by atoms with Gasteiger partial charge in [-0.3, -0.25) is 0 Å². The number of ether oxygens (including phenoxy) is 3. The second-order valence-electron chi connectivity index (χ2n) is 5.76. The summed E-state index contributed by atoms with van der Waals surface area (Å²) in [5.41, 5.74) is 5.02. The number of hydrogen-bond donors (Lipinski definition) is 1. The number of halogens is 2. The molecule has 0 aliphatic heterocycles. The maximum absolute atomic E-state index is 5.78. The van der Waals surface area contributed by atoms with Crippen LogP contribution in [0.1, 0.15) is 25.0 Å². The van der Waals surface area contributed by atoms with Crippen molar-refractivity contribution in [1.82, 2.24) is 5.43 Å². The van der Waals surface area contributed by atoms with Crippen molar-refractivity contribution in [1.29, 1.82) is 0 Å². The number of rotatable bonds is 8. The number of benzene rings is 2. The zero-order chi connectivity index (χ0) is 19.1. The molecule has 0 amide bonds. The molecule has 140 valence electrons. The van der Waals surface area contributed by atoms with Gasteiger partial charge in [0.15, 0.2) is 11.5 Å². The van der Waals surface area contributed by atoms with Crippen molar-refractivity contribution in [3.8, 4) is 17.2 Å². The third-order valence-electron chi connectivity index (χ3n) is 3.41. The summed E-state index contributed by atoms with van der Waals surface area (Å²) in [6.45, 7) is 4.56. The number of hydrazone groups is 1. The highest BCUT2D eigenvalue weighted by molar-refractivity contribution is 9.11. The topological polar surface area (TPSA) is 52.1 Å². The van der Waals surface area contributed by atoms with E-state index in [0.29, 0.717) is 18.0 Å². The summed E-state index contributed by atoms with van der Waals surface area (Å²) >= 11 is 7.08. The van der Waals surface area contributed by atoms with Gasteiger partial charge < -0.3 is 19.6 Å². The molecule has 0 aliphatic carbocycles. The first-order chi connectivity index (χ1) is 12.4. The monoisotopic (exact) mass is 484 g/mol. The van der Waals surface area contributed by atoms with Crippen LogP contribution in [0.15, 0.2) is 44.4 Å². The van der Waals surface area contributed by atoms with Gasteiger partial charge in [-0.15, -0.1) is 0 Å². The van der Waals surface area contributed by atoms with Crippen LogP contribution in [0.25, 0.3) is 0 Å². The van der Waals surface area contributed by atoms with Crippen LogP contribution in [0.4, 0.5) is 0 Å². The quantitative estimate of drug-likeness (QED) is 0.415. The van der Waals surface area contributed by atoms with E-state index in [4.69, 9.17) is 14.2 Å². The van der Waals surface area contributed by atoms with Gasteiger partial charge in [0.2, 0.25) is 0 Å². The first-order valence-corrected chi connectivity index (χ1v) is 9.65. The van der Waals surface area contributed by atoms with Gasteiger partial charge in [-0.2, -0.15) is 5.10 Å². The van der Waals surface area contributed by atoms with Gasteiger partial charge in [0, 0.05) is 0 Å². The Morgan fingerprint density at radius 3 is 2.27 bits per heavy atom. The zero-order valence-electron chi connectivity index (χ0n) is 15.2. The van der Waals surface area contributed by atoms with Gasteiger partial charge in [-0.25, -0.2) is 0 Å². The van der Waals surface area contributed by atoms with Gasteiger partial charge in [0.1, 0.15) is 5.75 Å². The molecular formula is C19H22Br2N2O3. The van der Waals surface area contributed by atoms with E-state index in [-0.39, 0.29) is 6.10 Å². The van der Waals surface area contributed by atoms with E-state index in [2.05, 4.69) is 42.4 Å². The highest BCUT2D eigenvalue weighted by Gasteiger charge is 2.10. The van der Waals surface area contributed by atoms with Crippen molar-refractivity contribution >= 4 is 38.1 Å². The third kappa shape index (κ3) is 5.64. The molecule has 2 aromatic rings. The van der Waals surface area contributed by atoms with Crippen LogP contribution in [-0.4, -0.2) is 26.5 Å². The molecule has 0 radical (unpaired) electrons. The van der Waals surface area contributed by atoms with E-state index < -0.39 is 0 Å². The molecule has 0 spiro atoms. The van der Waals surface area contributed by atoms with Crippen molar-refractivity contribution in [2.75, 3.05) is 14.2 Å². The van der Waals surface area contributed by atoms with Gasteiger partial charge in [0.25, 0.3) is 0 Å². The fourth-order valence-electron chi connectivity index (χ4n) is 2.25. The minimum atomic E-state index is 0.102. The van der Waals surface area contributed by atoms with E-state index in [1.165, 1.54) is 0 Å². The largest absolute Gasteiger partial charge is 0.493 e. The Labute approximate surface area is 171 Å². The molecule has 1 N–H and O–H groups in total. The van der Waals surface area contributed by atoms with E-state index >= 15 is 0 Å². The van der Waals surface area contributed by atoms with Gasteiger partial charge in [-0.1, -0.05) is 6.07 Å². The van der Waals surface area contributed by atoms with Crippen LogP contribution in [0.5, 0.6) is 17.2 Å². The van der Waals surface area contributed by atoms with Gasteiger partial charge >= 0.3 is 0 Å². The molecular weight excluding hydrogens is 464 g/mol. The number of hydrogen-bond acceptors (Lipinski definition) is 5. The van der Waals surface area contributed by atoms with Crippen LogP contribution in [0.2, 0.25) is 0 Å². The maximum Gasteiger partial charge on any atom is 0.161 e. The van der Waals surface area contributed by atoms with E-state index in [9.17, 15) is 0 Å². The van der Waals surface area contributed by atoms with Crippen molar-refractivity contribution in [2.24, 2.45) is 5.10 Å². The van der Waals surface area contributed by atoms with Crippen molar-refractivity contribution < 1.29 is 14.2 Å². The molecule has 0 aliphatic rings. The van der Waals surface area contributed by atoms with Gasteiger partial charge in [0.05, 0.1) is 42.0 Å². The van der Waals surface area contributed by atoms with Crippen LogP contribution in [-0.2, 0) is 6.54 Å². The summed E-state index contributed by atoms with van der Waals surface area (Å²) in [6, 6.07) is 9.69. The summed E-state index contributed by atoms with van der Waals surface area (Å²) in [4.78, 5) is 0. The molecule has 0 saturated heterocycles. The second kappa shape index (κ2) is 9.83. The summed E-state index contributed by atoms with van der Waals surface area (Å²) < 4.78 is 18.1. The Hall–Kier alpha value is -1.73. The molecule has 0 aromatic heterocycles. The lowest BCUT2D eigenvalue weighted by Gasteiger charge is -2.14. The number of nitrogens with zero attached hydrogens (tertiary/aromatic N) is 1. The molecule has 0 fully saturated rings. The Morgan fingerprint density at radius 2 is 1.69 bits per heavy atom. The molecule has 0 heterocycles. The molecule has 0 bridgehead atoms. The lowest BCUT2D eigenvalue weighted by Crippen LogP contribution is -2.07. The predicted molar refractivity (Wildman–Crippen MR) is 112 cm³/mol. The number of nitrogens with one attached hydrogen (secondary N) is 1. The summed E-state index contributed by atoms with van der Waals surface area (Å²) in [6.07, 6.45) is 1.86. The predicted octanol–water partition coefficient (Wildman–Crippen LogP) is 5.14. The zero-order valence-corrected chi connectivity index (χ0v) is 18.3. The lowest BCUT2D eigenvalue weighted by molar-refractivity contribution is 0.239. The van der Waals surface area contributed by atoms with Crippen LogP contribution in [0, 0.1) is 0 Å². The molecule has 0 saturated carbocycles. The molecule has 2 rings (SSSR count). The van der Waals surface area contributed by atoms with Crippen molar-refractivity contribution in [2.45, 2.75) is 26.5 Å². The van der Waals surface area contributed by atoms with E-state index in [1.54, 1.807) is 20.4 Å². The maximum atomic E-state index is 5.78. The summed E-state index contributed by atoms with van der Waals surface area (Å²) in [5.74, 6) is 2.19. The Bertz CT molecular complexity index is 756. The molecule has 5 nitrogen and oxygen atoms in total. The molecule has 26 heavy (non-hydrogen) atoms. The number of methoxy groups -OCH3 is 2. The third-order valence-corrected chi connectivity index (χ3v) is 4.59. The Morgan fingerprint density at radius 1 is 1.04 bits per heavy atom. The van der Waals surface area contributed by atoms with Gasteiger partial charge in [-0.05, 0) is 81.1 Å². The molecule has 0 unspecified atom stereocenters. The summed E-state index contributed by atoms with van der Waals surface area (Å²) in [5, 5.41) is 4.28. The van der Waals surface area contributed by atoms with E-state index in [0.717, 1.165) is 25.8 Å². The first kappa shape index (κ1) is 20.6. The highest BCUT2D eigenvalue weighted by atomic mass is 79.9. The fourth-order valence-corrected chi connectivity index (χ4v) is 3.66. The average molecular weight is 486 g/mol. The second-order valence-corrected chi connectivity index (χ2v) is 7.47. The Kier molecular flexibility index (Phi) is 7.78. The first-order valence-electron chi connectivity index (χ1n) is 8.07. The fraction of sp³-hybridized carbons (Fsp3) is 0.316. The molecule has 0 atom stereocenters. The smallest absolute Gasteiger partial charge is 0.161 e. The molecule has 7 heteroatoms. The van der Waals surface area contributed by atoms with Crippen LogP contribution >= 0.6 is 31.9 Å². The lowest BCUT2D eigenvalue weighted by atomic mass is 10.2. The SMILES string of the molecule is COc1ccc(CN/N=C\c2cc(Br)c(OC(C)C)c(Br)c2)cc1OC. The van der Waals surface area contributed by atoms with Crippen LogP contribution in [0.3, 0.4) is 0 Å². The minimum Gasteiger partial charge on any atom is -0.493 e.